The zero-order valence-corrected chi connectivity index (χ0v) is 8.89. The summed E-state index contributed by atoms with van der Waals surface area (Å²) in [6, 6.07) is 5.66. The van der Waals surface area contributed by atoms with Gasteiger partial charge in [0, 0.05) is 11.1 Å². The average molecular weight is 237 g/mol. The van der Waals surface area contributed by atoms with Crippen molar-refractivity contribution in [1.82, 2.24) is 0 Å². The van der Waals surface area contributed by atoms with Gasteiger partial charge in [0.1, 0.15) is 0 Å². The van der Waals surface area contributed by atoms with Crippen LogP contribution >= 0.6 is 15.9 Å². The fraction of sp³-hybridized carbons (Fsp3) is 0.182. The molecule has 1 nitrogen and oxygen atoms in total. The van der Waals surface area contributed by atoms with Crippen molar-refractivity contribution >= 4 is 22.2 Å². The quantitative estimate of drug-likeness (QED) is 0.416. The third-order valence-electron chi connectivity index (χ3n) is 1.62. The van der Waals surface area contributed by atoms with Crippen molar-refractivity contribution < 1.29 is 4.79 Å². The Kier molecular flexibility index (Phi) is 3.72. The minimum absolute atomic E-state index is 0.624. The highest BCUT2D eigenvalue weighted by Gasteiger charge is 1.97. The predicted octanol–water partition coefficient (Wildman–Crippen LogP) is 2.55. The summed E-state index contributed by atoms with van der Waals surface area (Å²) in [7, 11) is 0. The molecule has 0 saturated heterocycles. The van der Waals surface area contributed by atoms with Gasteiger partial charge in [-0.15, -0.1) is 0 Å². The van der Waals surface area contributed by atoms with Crippen LogP contribution in [-0.4, -0.2) is 11.6 Å². The molecule has 0 saturated carbocycles. The third-order valence-corrected chi connectivity index (χ3v) is 1.90. The molecule has 0 fully saturated rings. The summed E-state index contributed by atoms with van der Waals surface area (Å²) >= 11 is 3.21. The Bertz CT molecular complexity index is 371. The predicted molar refractivity (Wildman–Crippen MR) is 57.2 cm³/mol. The molecule has 0 aliphatic rings. The standard InChI is InChI=1S/C11H9BrO/c1-9-4-5-10(3-2-6-12)11(7-9)8-13/h4-5,7-8H,6H2,1H3. The van der Waals surface area contributed by atoms with Gasteiger partial charge in [-0.25, -0.2) is 0 Å². The van der Waals surface area contributed by atoms with Gasteiger partial charge in [0.05, 0.1) is 5.33 Å². The minimum Gasteiger partial charge on any atom is -0.298 e. The van der Waals surface area contributed by atoms with E-state index in [1.165, 1.54) is 0 Å². The van der Waals surface area contributed by atoms with Crippen molar-refractivity contribution in [3.63, 3.8) is 0 Å². The monoisotopic (exact) mass is 236 g/mol. The van der Waals surface area contributed by atoms with Crippen molar-refractivity contribution in [1.29, 1.82) is 0 Å². The van der Waals surface area contributed by atoms with Gasteiger partial charge >= 0.3 is 0 Å². The first-order chi connectivity index (χ1) is 6.27. The molecule has 0 aromatic heterocycles. The SMILES string of the molecule is Cc1ccc(C#CCBr)c(C=O)c1. The van der Waals surface area contributed by atoms with Crippen LogP contribution < -0.4 is 0 Å². The van der Waals surface area contributed by atoms with E-state index < -0.39 is 0 Å². The van der Waals surface area contributed by atoms with Crippen LogP contribution in [0.15, 0.2) is 18.2 Å². The highest BCUT2D eigenvalue weighted by atomic mass is 79.9. The lowest BCUT2D eigenvalue weighted by molar-refractivity contribution is 0.112. The van der Waals surface area contributed by atoms with E-state index in [-0.39, 0.29) is 0 Å². The van der Waals surface area contributed by atoms with Crippen LogP contribution in [0.3, 0.4) is 0 Å². The molecule has 1 rings (SSSR count). The number of benzene rings is 1. The summed E-state index contributed by atoms with van der Waals surface area (Å²) in [6.45, 7) is 1.95. The number of carbonyl (C=O) groups excluding carboxylic acids is 1. The lowest BCUT2D eigenvalue weighted by Crippen LogP contribution is -1.88. The Morgan fingerprint density at radius 3 is 2.92 bits per heavy atom. The first kappa shape index (κ1) is 10.0. The fourth-order valence-electron chi connectivity index (χ4n) is 1.02. The number of rotatable bonds is 1. The average Bonchev–Trinajstić information content (AvgIpc) is 2.16. The number of halogens is 1. The van der Waals surface area contributed by atoms with Gasteiger partial charge in [0.2, 0.25) is 0 Å². The van der Waals surface area contributed by atoms with Gasteiger partial charge in [-0.05, 0) is 19.1 Å². The molecule has 0 unspecified atom stereocenters. The van der Waals surface area contributed by atoms with E-state index >= 15 is 0 Å². The Balaban J connectivity index is 3.13. The second kappa shape index (κ2) is 4.84. The molecule has 0 bridgehead atoms. The van der Waals surface area contributed by atoms with Crippen LogP contribution in [0.4, 0.5) is 0 Å². The largest absolute Gasteiger partial charge is 0.298 e. The first-order valence-corrected chi connectivity index (χ1v) is 5.00. The van der Waals surface area contributed by atoms with E-state index in [0.717, 1.165) is 17.4 Å². The molecule has 1 aromatic carbocycles. The topological polar surface area (TPSA) is 17.1 Å². The molecular formula is C11H9BrO. The summed E-state index contributed by atoms with van der Waals surface area (Å²) in [6.07, 6.45) is 0.839. The van der Waals surface area contributed by atoms with Crippen molar-refractivity contribution in [2.75, 3.05) is 5.33 Å². The molecule has 13 heavy (non-hydrogen) atoms. The van der Waals surface area contributed by atoms with E-state index in [4.69, 9.17) is 0 Å². The number of aryl methyl sites for hydroxylation is 1. The van der Waals surface area contributed by atoms with Crippen molar-refractivity contribution in [2.45, 2.75) is 6.92 Å². The summed E-state index contributed by atoms with van der Waals surface area (Å²) in [5, 5.41) is 0.624. The molecule has 0 N–H and O–H groups in total. The maximum absolute atomic E-state index is 10.7. The van der Waals surface area contributed by atoms with Gasteiger partial charge in [0.15, 0.2) is 6.29 Å². The minimum atomic E-state index is 0.624. The molecular weight excluding hydrogens is 228 g/mol. The first-order valence-electron chi connectivity index (χ1n) is 3.88. The number of aldehydes is 1. The van der Waals surface area contributed by atoms with Crippen LogP contribution in [0.2, 0.25) is 0 Å². The van der Waals surface area contributed by atoms with Crippen LogP contribution in [0.25, 0.3) is 0 Å². The number of carbonyl (C=O) groups is 1. The van der Waals surface area contributed by atoms with Crippen molar-refractivity contribution in [3.05, 3.63) is 34.9 Å². The normalized spacial score (nSPS) is 8.77. The summed E-state index contributed by atoms with van der Waals surface area (Å²) < 4.78 is 0. The molecule has 0 aliphatic heterocycles. The summed E-state index contributed by atoms with van der Waals surface area (Å²) in [5.74, 6) is 5.78. The molecule has 0 amide bonds. The van der Waals surface area contributed by atoms with Crippen molar-refractivity contribution in [3.8, 4) is 11.8 Å². The third kappa shape index (κ3) is 2.71. The molecule has 66 valence electrons. The van der Waals surface area contributed by atoms with Gasteiger partial charge in [-0.3, -0.25) is 4.79 Å². The van der Waals surface area contributed by atoms with E-state index in [2.05, 4.69) is 27.8 Å². The summed E-state index contributed by atoms with van der Waals surface area (Å²) in [5.41, 5.74) is 2.53. The van der Waals surface area contributed by atoms with E-state index in [0.29, 0.717) is 10.9 Å². The molecule has 0 heterocycles. The molecule has 1 aromatic rings. The van der Waals surface area contributed by atoms with Gasteiger partial charge in [0.25, 0.3) is 0 Å². The smallest absolute Gasteiger partial charge is 0.151 e. The van der Waals surface area contributed by atoms with Gasteiger partial charge in [-0.2, -0.15) is 0 Å². The second-order valence-electron chi connectivity index (χ2n) is 2.64. The number of alkyl halides is 1. The molecule has 2 heteroatoms. The molecule has 0 atom stereocenters. The highest BCUT2D eigenvalue weighted by molar-refractivity contribution is 9.09. The van der Waals surface area contributed by atoms with Gasteiger partial charge < -0.3 is 0 Å². The Hall–Kier alpha value is -1.07. The van der Waals surface area contributed by atoms with E-state index in [9.17, 15) is 4.79 Å². The lowest BCUT2D eigenvalue weighted by atomic mass is 10.1. The van der Waals surface area contributed by atoms with E-state index in [1.807, 2.05) is 25.1 Å². The maximum Gasteiger partial charge on any atom is 0.151 e. The second-order valence-corrected chi connectivity index (χ2v) is 3.20. The van der Waals surface area contributed by atoms with Crippen LogP contribution in [-0.2, 0) is 0 Å². The fourth-order valence-corrected chi connectivity index (χ4v) is 1.16. The molecule has 0 spiro atoms. The van der Waals surface area contributed by atoms with Crippen LogP contribution in [0.1, 0.15) is 21.5 Å². The Labute approximate surface area is 86.3 Å². The number of hydrogen-bond donors (Lipinski definition) is 0. The highest BCUT2D eigenvalue weighted by Crippen LogP contribution is 2.08. The summed E-state index contributed by atoms with van der Waals surface area (Å²) in [4.78, 5) is 10.7. The van der Waals surface area contributed by atoms with Crippen molar-refractivity contribution in [2.24, 2.45) is 0 Å². The van der Waals surface area contributed by atoms with Crippen LogP contribution in [0.5, 0.6) is 0 Å². The maximum atomic E-state index is 10.7. The molecule has 0 aliphatic carbocycles. The Morgan fingerprint density at radius 2 is 2.31 bits per heavy atom. The van der Waals surface area contributed by atoms with Crippen LogP contribution in [0, 0.1) is 18.8 Å². The number of hydrogen-bond acceptors (Lipinski definition) is 1. The zero-order valence-electron chi connectivity index (χ0n) is 7.30. The van der Waals surface area contributed by atoms with Gasteiger partial charge in [-0.1, -0.05) is 39.4 Å². The lowest BCUT2D eigenvalue weighted by Gasteiger charge is -1.97. The van der Waals surface area contributed by atoms with E-state index in [1.54, 1.807) is 0 Å². The molecule has 0 radical (unpaired) electrons. The Morgan fingerprint density at radius 1 is 1.54 bits per heavy atom. The zero-order chi connectivity index (χ0) is 9.68.